The molecular formula is C18H18N6O4. The maximum absolute atomic E-state index is 11.7. The summed E-state index contributed by atoms with van der Waals surface area (Å²) < 4.78 is 1.74. The number of benzene rings is 1. The average Bonchev–Trinajstić information content (AvgIpc) is 3.32. The molecule has 0 bridgehead atoms. The summed E-state index contributed by atoms with van der Waals surface area (Å²) in [4.78, 5) is 32.7. The maximum atomic E-state index is 11.7. The highest BCUT2D eigenvalue weighted by Crippen LogP contribution is 2.38. The second kappa shape index (κ2) is 6.72. The predicted octanol–water partition coefficient (Wildman–Crippen LogP) is 2.69. The molecular weight excluding hydrogens is 364 g/mol. The summed E-state index contributed by atoms with van der Waals surface area (Å²) in [5.74, 6) is 0. The molecule has 0 radical (unpaired) electrons. The number of anilines is 2. The molecule has 28 heavy (non-hydrogen) atoms. The number of carbonyl (C=O) groups is 2. The molecule has 3 aromatic rings. The van der Waals surface area contributed by atoms with Crippen molar-refractivity contribution in [1.29, 1.82) is 0 Å². The third-order valence-electron chi connectivity index (χ3n) is 4.70. The summed E-state index contributed by atoms with van der Waals surface area (Å²) in [5.41, 5.74) is 3.14. The molecule has 0 fully saturated rings. The standard InChI is InChI=1S/C18H18N6O4/c1-11-7-23(17(25)26)16-4-12(2-3-15(16)24(11)18(27)28)13-5-21-22(8-13)9-14-6-19-10-20-14/h2-6,8,10-11H,7,9H2,1H3,(H,19,20)(H,25,26)(H,27,28)/t11-/m0/s1. The zero-order valence-corrected chi connectivity index (χ0v) is 15.0. The van der Waals surface area contributed by atoms with Gasteiger partial charge < -0.3 is 15.2 Å². The Morgan fingerprint density at radius 1 is 1.18 bits per heavy atom. The minimum atomic E-state index is -1.12. The summed E-state index contributed by atoms with van der Waals surface area (Å²) in [6.45, 7) is 2.27. The van der Waals surface area contributed by atoms with Crippen molar-refractivity contribution in [1.82, 2.24) is 19.7 Å². The third-order valence-corrected chi connectivity index (χ3v) is 4.70. The van der Waals surface area contributed by atoms with E-state index in [1.807, 2.05) is 6.20 Å². The van der Waals surface area contributed by atoms with Crippen molar-refractivity contribution in [3.8, 4) is 11.1 Å². The van der Waals surface area contributed by atoms with Gasteiger partial charge in [-0.25, -0.2) is 14.6 Å². The van der Waals surface area contributed by atoms with Crippen LogP contribution in [0.4, 0.5) is 21.0 Å². The van der Waals surface area contributed by atoms with Gasteiger partial charge in [0.1, 0.15) is 0 Å². The molecule has 3 heterocycles. The van der Waals surface area contributed by atoms with Crippen molar-refractivity contribution in [3.05, 3.63) is 48.8 Å². The number of nitrogens with one attached hydrogen (secondary N) is 1. The SMILES string of the molecule is C[C@H]1CN(C(=O)O)c2cc(-c3cnn(Cc4cnc[nH]4)c3)ccc2N1C(=O)O. The molecule has 2 aromatic heterocycles. The number of H-pyrrole nitrogens is 1. The predicted molar refractivity (Wildman–Crippen MR) is 101 cm³/mol. The first-order chi connectivity index (χ1) is 13.4. The van der Waals surface area contributed by atoms with Gasteiger partial charge in [-0.1, -0.05) is 6.07 Å². The van der Waals surface area contributed by atoms with E-state index in [1.54, 1.807) is 48.5 Å². The van der Waals surface area contributed by atoms with Crippen LogP contribution in [0, 0.1) is 0 Å². The van der Waals surface area contributed by atoms with Gasteiger partial charge in [-0.05, 0) is 24.6 Å². The lowest BCUT2D eigenvalue weighted by atomic mass is 10.0. The Bertz CT molecular complexity index is 1030. The number of hydrogen-bond donors (Lipinski definition) is 3. The topological polar surface area (TPSA) is 128 Å². The smallest absolute Gasteiger partial charge is 0.412 e. The number of imidazole rings is 1. The van der Waals surface area contributed by atoms with E-state index in [-0.39, 0.29) is 6.54 Å². The van der Waals surface area contributed by atoms with Gasteiger partial charge in [0.25, 0.3) is 0 Å². The monoisotopic (exact) mass is 382 g/mol. The number of nitrogens with zero attached hydrogens (tertiary/aromatic N) is 5. The van der Waals surface area contributed by atoms with Gasteiger partial charge in [-0.15, -0.1) is 0 Å². The Morgan fingerprint density at radius 3 is 2.68 bits per heavy atom. The van der Waals surface area contributed by atoms with E-state index in [2.05, 4.69) is 15.1 Å². The summed E-state index contributed by atoms with van der Waals surface area (Å²) in [6.07, 6.45) is 4.60. The molecule has 10 heteroatoms. The van der Waals surface area contributed by atoms with Crippen LogP contribution in [0.5, 0.6) is 0 Å². The Hall–Kier alpha value is -3.82. The first-order valence-corrected chi connectivity index (χ1v) is 8.61. The van der Waals surface area contributed by atoms with Crippen LogP contribution in [-0.2, 0) is 6.54 Å². The Labute approximate surface area is 159 Å². The van der Waals surface area contributed by atoms with Crippen molar-refractivity contribution in [2.45, 2.75) is 19.5 Å². The fraction of sp³-hybridized carbons (Fsp3) is 0.222. The first-order valence-electron chi connectivity index (χ1n) is 8.61. The molecule has 0 unspecified atom stereocenters. The quantitative estimate of drug-likeness (QED) is 0.639. The summed E-state index contributed by atoms with van der Waals surface area (Å²) >= 11 is 0. The van der Waals surface area contributed by atoms with E-state index in [0.717, 1.165) is 16.8 Å². The van der Waals surface area contributed by atoms with E-state index in [9.17, 15) is 19.8 Å². The molecule has 3 N–H and O–H groups in total. The molecule has 1 aromatic carbocycles. The Morgan fingerprint density at radius 2 is 2.00 bits per heavy atom. The van der Waals surface area contributed by atoms with Crippen LogP contribution in [0.1, 0.15) is 12.6 Å². The number of rotatable bonds is 3. The minimum Gasteiger partial charge on any atom is -0.465 e. The van der Waals surface area contributed by atoms with Gasteiger partial charge in [-0.3, -0.25) is 14.5 Å². The summed E-state index contributed by atoms with van der Waals surface area (Å²) in [7, 11) is 0. The van der Waals surface area contributed by atoms with Crippen LogP contribution < -0.4 is 9.80 Å². The Balaban J connectivity index is 1.71. The highest BCUT2D eigenvalue weighted by molar-refractivity contribution is 6.00. The lowest BCUT2D eigenvalue weighted by molar-refractivity contribution is 0.194. The van der Waals surface area contributed by atoms with Gasteiger partial charge in [0.15, 0.2) is 0 Å². The van der Waals surface area contributed by atoms with E-state index in [4.69, 9.17) is 0 Å². The highest BCUT2D eigenvalue weighted by atomic mass is 16.4. The normalized spacial score (nSPS) is 16.1. The van der Waals surface area contributed by atoms with Crippen molar-refractivity contribution >= 4 is 23.6 Å². The van der Waals surface area contributed by atoms with Gasteiger partial charge in [0, 0.05) is 18.0 Å². The summed E-state index contributed by atoms with van der Waals surface area (Å²) in [6, 6.07) is 4.60. The molecule has 1 aliphatic rings. The highest BCUT2D eigenvalue weighted by Gasteiger charge is 2.35. The molecule has 4 rings (SSSR count). The molecule has 0 saturated carbocycles. The first kappa shape index (κ1) is 17.6. The largest absolute Gasteiger partial charge is 0.465 e. The van der Waals surface area contributed by atoms with Crippen LogP contribution in [-0.4, -0.2) is 54.7 Å². The third kappa shape index (κ3) is 3.04. The summed E-state index contributed by atoms with van der Waals surface area (Å²) in [5, 5.41) is 23.4. The minimum absolute atomic E-state index is 0.0666. The average molecular weight is 382 g/mol. The maximum Gasteiger partial charge on any atom is 0.412 e. The van der Waals surface area contributed by atoms with Gasteiger partial charge in [0.05, 0.1) is 48.7 Å². The second-order valence-electron chi connectivity index (χ2n) is 6.60. The molecule has 0 spiro atoms. The van der Waals surface area contributed by atoms with Crippen LogP contribution in [0.3, 0.4) is 0 Å². The van der Waals surface area contributed by atoms with Crippen LogP contribution in [0.2, 0.25) is 0 Å². The zero-order chi connectivity index (χ0) is 19.8. The molecule has 1 aliphatic heterocycles. The number of aromatic amines is 1. The van der Waals surface area contributed by atoms with Crippen LogP contribution in [0.15, 0.2) is 43.1 Å². The van der Waals surface area contributed by atoms with Crippen LogP contribution >= 0.6 is 0 Å². The fourth-order valence-electron chi connectivity index (χ4n) is 3.42. The number of fused-ring (bicyclic) bond motifs is 1. The number of hydrogen-bond acceptors (Lipinski definition) is 4. The molecule has 1 atom stereocenters. The van der Waals surface area contributed by atoms with Crippen molar-refractivity contribution in [2.24, 2.45) is 0 Å². The van der Waals surface area contributed by atoms with E-state index >= 15 is 0 Å². The van der Waals surface area contributed by atoms with Gasteiger partial charge in [-0.2, -0.15) is 5.10 Å². The van der Waals surface area contributed by atoms with E-state index in [1.165, 1.54) is 9.80 Å². The van der Waals surface area contributed by atoms with Crippen molar-refractivity contribution in [3.63, 3.8) is 0 Å². The lowest BCUT2D eigenvalue weighted by Crippen LogP contribution is -2.51. The van der Waals surface area contributed by atoms with E-state index < -0.39 is 18.2 Å². The van der Waals surface area contributed by atoms with Gasteiger partial charge in [0.2, 0.25) is 0 Å². The molecule has 0 aliphatic carbocycles. The van der Waals surface area contributed by atoms with Crippen LogP contribution in [0.25, 0.3) is 11.1 Å². The van der Waals surface area contributed by atoms with Gasteiger partial charge >= 0.3 is 12.2 Å². The second-order valence-corrected chi connectivity index (χ2v) is 6.60. The number of carboxylic acid groups (broad SMARTS) is 2. The molecule has 2 amide bonds. The lowest BCUT2D eigenvalue weighted by Gasteiger charge is -2.38. The van der Waals surface area contributed by atoms with Crippen molar-refractivity contribution in [2.75, 3.05) is 16.3 Å². The number of aromatic nitrogens is 4. The fourth-order valence-corrected chi connectivity index (χ4v) is 3.42. The molecule has 144 valence electrons. The molecule has 10 nitrogen and oxygen atoms in total. The zero-order valence-electron chi connectivity index (χ0n) is 15.0. The van der Waals surface area contributed by atoms with E-state index in [0.29, 0.717) is 17.9 Å². The Kier molecular flexibility index (Phi) is 4.22. The van der Waals surface area contributed by atoms with Crippen molar-refractivity contribution < 1.29 is 19.8 Å². The molecule has 0 saturated heterocycles. The number of amides is 2.